The van der Waals surface area contributed by atoms with E-state index in [9.17, 15) is 9.59 Å². The second-order valence-corrected chi connectivity index (χ2v) is 8.08. The van der Waals surface area contributed by atoms with Gasteiger partial charge in [-0.1, -0.05) is 42.5 Å². The maximum absolute atomic E-state index is 13.0. The van der Waals surface area contributed by atoms with Crippen molar-refractivity contribution in [1.82, 2.24) is 15.1 Å². The monoisotopic (exact) mass is 439 g/mol. The van der Waals surface area contributed by atoms with Crippen LogP contribution in [0.5, 0.6) is 5.75 Å². The average molecular weight is 440 g/mol. The molecule has 1 aliphatic heterocycles. The number of nitrogens with zero attached hydrogens (tertiary/aromatic N) is 2. The molecule has 3 amide bonds. The van der Waals surface area contributed by atoms with Gasteiger partial charge in [0.2, 0.25) is 5.91 Å². The number of rotatable bonds is 10. The van der Waals surface area contributed by atoms with Crippen molar-refractivity contribution in [3.63, 3.8) is 0 Å². The summed E-state index contributed by atoms with van der Waals surface area (Å²) in [6, 6.07) is 17.3. The van der Waals surface area contributed by atoms with E-state index in [1.165, 1.54) is 0 Å². The molecular formula is C25H33N3O4. The molecule has 1 saturated heterocycles. The van der Waals surface area contributed by atoms with Gasteiger partial charge in [0.25, 0.3) is 0 Å². The normalized spacial score (nSPS) is 15.2. The Labute approximate surface area is 190 Å². The summed E-state index contributed by atoms with van der Waals surface area (Å²) in [6.45, 7) is 2.59. The molecule has 1 unspecified atom stereocenters. The Morgan fingerprint density at radius 1 is 1.09 bits per heavy atom. The van der Waals surface area contributed by atoms with Crippen LogP contribution in [0.2, 0.25) is 0 Å². The van der Waals surface area contributed by atoms with Crippen LogP contribution in [0.3, 0.4) is 0 Å². The van der Waals surface area contributed by atoms with Crippen LogP contribution in [0, 0.1) is 0 Å². The fourth-order valence-corrected chi connectivity index (χ4v) is 3.78. The lowest BCUT2D eigenvalue weighted by molar-refractivity contribution is -0.133. The van der Waals surface area contributed by atoms with Crippen molar-refractivity contribution in [2.24, 2.45) is 0 Å². The zero-order chi connectivity index (χ0) is 22.8. The highest BCUT2D eigenvalue weighted by atomic mass is 16.5. The number of carbonyl (C=O) groups excluding carboxylic acids is 2. The van der Waals surface area contributed by atoms with E-state index in [4.69, 9.17) is 9.47 Å². The Kier molecular flexibility index (Phi) is 8.92. The SMILES string of the molecule is COc1cccc(CN(CC2CCCO2)C(=O)CCNC(=O)N(C)Cc2ccccc2)c1. The average Bonchev–Trinajstić information content (AvgIpc) is 3.32. The van der Waals surface area contributed by atoms with Crippen molar-refractivity contribution >= 4 is 11.9 Å². The summed E-state index contributed by atoms with van der Waals surface area (Å²) in [7, 11) is 3.38. The Morgan fingerprint density at radius 3 is 2.59 bits per heavy atom. The van der Waals surface area contributed by atoms with E-state index in [0.717, 1.165) is 36.3 Å². The first kappa shape index (κ1) is 23.6. The molecule has 0 saturated carbocycles. The predicted octanol–water partition coefficient (Wildman–Crippen LogP) is 3.43. The van der Waals surface area contributed by atoms with E-state index in [1.807, 2.05) is 59.5 Å². The fourth-order valence-electron chi connectivity index (χ4n) is 3.78. The Balaban J connectivity index is 1.52. The van der Waals surface area contributed by atoms with E-state index < -0.39 is 0 Å². The molecule has 0 spiro atoms. The lowest BCUT2D eigenvalue weighted by atomic mass is 10.1. The largest absolute Gasteiger partial charge is 0.497 e. The van der Waals surface area contributed by atoms with Crippen LogP contribution >= 0.6 is 0 Å². The summed E-state index contributed by atoms with van der Waals surface area (Å²) in [6.07, 6.45) is 2.29. The van der Waals surface area contributed by atoms with Crippen molar-refractivity contribution in [2.45, 2.75) is 38.5 Å². The fraction of sp³-hybridized carbons (Fsp3) is 0.440. The number of hydrogen-bond donors (Lipinski definition) is 1. The van der Waals surface area contributed by atoms with Gasteiger partial charge in [-0.15, -0.1) is 0 Å². The Hall–Kier alpha value is -3.06. The van der Waals surface area contributed by atoms with Gasteiger partial charge in [-0.05, 0) is 36.1 Å². The standard InChI is InChI=1S/C25H33N3O4/c1-27(17-20-8-4-3-5-9-20)25(30)26-14-13-24(29)28(19-23-12-7-15-32-23)18-21-10-6-11-22(16-21)31-2/h3-6,8-11,16,23H,7,12-15,17-19H2,1-2H3,(H,26,30). The van der Waals surface area contributed by atoms with E-state index in [-0.39, 0.29) is 31.0 Å². The molecule has 32 heavy (non-hydrogen) atoms. The van der Waals surface area contributed by atoms with Crippen molar-refractivity contribution < 1.29 is 19.1 Å². The van der Waals surface area contributed by atoms with Gasteiger partial charge in [-0.2, -0.15) is 0 Å². The number of amides is 3. The van der Waals surface area contributed by atoms with Gasteiger partial charge in [0.1, 0.15) is 5.75 Å². The number of carbonyl (C=O) groups is 2. The molecular weight excluding hydrogens is 406 g/mol. The van der Waals surface area contributed by atoms with Gasteiger partial charge in [-0.3, -0.25) is 4.79 Å². The smallest absolute Gasteiger partial charge is 0.317 e. The van der Waals surface area contributed by atoms with Gasteiger partial charge in [0.05, 0.1) is 13.2 Å². The minimum atomic E-state index is -0.194. The lowest BCUT2D eigenvalue weighted by Gasteiger charge is -2.26. The molecule has 2 aromatic rings. The first-order chi connectivity index (χ1) is 15.5. The zero-order valence-electron chi connectivity index (χ0n) is 19.0. The first-order valence-electron chi connectivity index (χ1n) is 11.1. The highest BCUT2D eigenvalue weighted by Crippen LogP contribution is 2.18. The molecule has 3 rings (SSSR count). The van der Waals surface area contributed by atoms with Gasteiger partial charge < -0.3 is 24.6 Å². The van der Waals surface area contributed by atoms with E-state index in [1.54, 1.807) is 19.1 Å². The summed E-state index contributed by atoms with van der Waals surface area (Å²) >= 11 is 0. The number of methoxy groups -OCH3 is 1. The summed E-state index contributed by atoms with van der Waals surface area (Å²) in [5, 5.41) is 2.85. The van der Waals surface area contributed by atoms with Gasteiger partial charge >= 0.3 is 6.03 Å². The molecule has 0 aliphatic carbocycles. The third kappa shape index (κ3) is 7.27. The highest BCUT2D eigenvalue weighted by Gasteiger charge is 2.23. The number of benzene rings is 2. The molecule has 2 aromatic carbocycles. The number of nitrogens with one attached hydrogen (secondary N) is 1. The summed E-state index contributed by atoms with van der Waals surface area (Å²) < 4.78 is 11.1. The molecule has 0 bridgehead atoms. The molecule has 1 fully saturated rings. The minimum absolute atomic E-state index is 0.00525. The highest BCUT2D eigenvalue weighted by molar-refractivity contribution is 5.78. The minimum Gasteiger partial charge on any atom is -0.497 e. The lowest BCUT2D eigenvalue weighted by Crippen LogP contribution is -2.41. The molecule has 1 heterocycles. The topological polar surface area (TPSA) is 71.1 Å². The van der Waals surface area contributed by atoms with Crippen LogP contribution in [0.4, 0.5) is 4.79 Å². The van der Waals surface area contributed by atoms with Crippen molar-refractivity contribution in [2.75, 3.05) is 33.9 Å². The Bertz CT molecular complexity index is 869. The van der Waals surface area contributed by atoms with Crippen molar-refractivity contribution in [3.05, 3.63) is 65.7 Å². The molecule has 172 valence electrons. The Morgan fingerprint density at radius 2 is 1.88 bits per heavy atom. The summed E-state index contributed by atoms with van der Waals surface area (Å²) in [5.74, 6) is 0.759. The van der Waals surface area contributed by atoms with Gasteiger partial charge in [-0.25, -0.2) is 4.79 Å². The van der Waals surface area contributed by atoms with E-state index in [2.05, 4.69) is 5.32 Å². The van der Waals surface area contributed by atoms with Gasteiger partial charge in [0.15, 0.2) is 0 Å². The molecule has 0 radical (unpaired) electrons. The van der Waals surface area contributed by atoms with Crippen molar-refractivity contribution in [3.8, 4) is 5.75 Å². The predicted molar refractivity (Wildman–Crippen MR) is 123 cm³/mol. The van der Waals surface area contributed by atoms with E-state index >= 15 is 0 Å². The third-order valence-electron chi connectivity index (χ3n) is 5.53. The molecule has 7 heteroatoms. The third-order valence-corrected chi connectivity index (χ3v) is 5.53. The van der Waals surface area contributed by atoms with E-state index in [0.29, 0.717) is 19.6 Å². The van der Waals surface area contributed by atoms with Gasteiger partial charge in [0, 0.05) is 46.3 Å². The zero-order valence-corrected chi connectivity index (χ0v) is 19.0. The van der Waals surface area contributed by atoms with Crippen molar-refractivity contribution in [1.29, 1.82) is 0 Å². The van der Waals surface area contributed by atoms with Crippen LogP contribution in [0.15, 0.2) is 54.6 Å². The molecule has 1 atom stereocenters. The summed E-state index contributed by atoms with van der Waals surface area (Å²) in [4.78, 5) is 28.8. The van der Waals surface area contributed by atoms with Crippen LogP contribution in [-0.4, -0.2) is 61.7 Å². The van der Waals surface area contributed by atoms with Crippen LogP contribution in [-0.2, 0) is 22.6 Å². The number of urea groups is 1. The first-order valence-corrected chi connectivity index (χ1v) is 11.1. The number of hydrogen-bond acceptors (Lipinski definition) is 4. The van der Waals surface area contributed by atoms with Crippen LogP contribution in [0.25, 0.3) is 0 Å². The maximum atomic E-state index is 13.0. The second kappa shape index (κ2) is 12.1. The van der Waals surface area contributed by atoms with Crippen LogP contribution in [0.1, 0.15) is 30.4 Å². The molecule has 1 aliphatic rings. The molecule has 1 N–H and O–H groups in total. The summed E-state index contributed by atoms with van der Waals surface area (Å²) in [5.41, 5.74) is 2.06. The second-order valence-electron chi connectivity index (χ2n) is 8.08. The molecule has 7 nitrogen and oxygen atoms in total. The van der Waals surface area contributed by atoms with Crippen LogP contribution < -0.4 is 10.1 Å². The number of ether oxygens (including phenoxy) is 2. The maximum Gasteiger partial charge on any atom is 0.317 e. The molecule has 0 aromatic heterocycles. The quantitative estimate of drug-likeness (QED) is 0.616.